The van der Waals surface area contributed by atoms with E-state index in [0.717, 1.165) is 29.9 Å². The first-order valence-electron chi connectivity index (χ1n) is 19.5. The van der Waals surface area contributed by atoms with Crippen LogP contribution in [0.15, 0.2) is 164 Å². The summed E-state index contributed by atoms with van der Waals surface area (Å²) in [4.78, 5) is 4.78. The van der Waals surface area contributed by atoms with Gasteiger partial charge in [0.2, 0.25) is 0 Å². The molecule has 0 aliphatic heterocycles. The first kappa shape index (κ1) is 37.0. The van der Waals surface area contributed by atoms with Gasteiger partial charge in [0, 0.05) is 22.7 Å². The second-order valence-electron chi connectivity index (χ2n) is 14.2. The van der Waals surface area contributed by atoms with E-state index in [1.807, 2.05) is 0 Å². The summed E-state index contributed by atoms with van der Waals surface area (Å²) in [6.07, 6.45) is 10.7. The van der Waals surface area contributed by atoms with Crippen LogP contribution in [0.25, 0.3) is 24.3 Å². The van der Waals surface area contributed by atoms with E-state index in [4.69, 9.17) is 0 Å². The van der Waals surface area contributed by atoms with Crippen LogP contribution in [0, 0.1) is 20.8 Å². The van der Waals surface area contributed by atoms with Crippen molar-refractivity contribution in [1.29, 1.82) is 0 Å². The zero-order chi connectivity index (χ0) is 38.1. The lowest BCUT2D eigenvalue weighted by atomic mass is 10.0. The van der Waals surface area contributed by atoms with Crippen LogP contribution in [0.1, 0.15) is 63.9 Å². The highest BCUT2D eigenvalue weighted by Gasteiger charge is 2.19. The lowest BCUT2D eigenvalue weighted by Gasteiger charge is -2.29. The van der Waals surface area contributed by atoms with Gasteiger partial charge in [-0.05, 0) is 127 Å². The summed E-state index contributed by atoms with van der Waals surface area (Å²) < 4.78 is 0. The van der Waals surface area contributed by atoms with Gasteiger partial charge in [0.05, 0.1) is 11.4 Å². The molecular weight excluding hydrogens is 665 g/mol. The minimum atomic E-state index is 0.977. The van der Waals surface area contributed by atoms with E-state index in [1.54, 1.807) is 0 Å². The molecule has 0 radical (unpaired) electrons. The van der Waals surface area contributed by atoms with E-state index < -0.39 is 0 Å². The molecule has 0 aromatic heterocycles. The molecule has 0 fully saturated rings. The molecule has 0 aliphatic rings. The normalized spacial score (nSPS) is 11.4. The molecule has 7 aromatic carbocycles. The molecule has 0 spiro atoms. The minimum absolute atomic E-state index is 0.977. The standard InChI is InChI=1S/C53H50N2/c1-6-46-15-11-13-40(4)52(46)54(48-17-9-8-10-18-48)50-35-29-44(30-36-50)27-25-42-21-23-43(24-22-42)26-28-45-31-37-51(38-32-45)55(49-33-19-39(3)20-34-49)53-41(5)14-12-16-47(53)7-2/h8-38H,6-7H2,1-5H3/b27-25+,28-26+. The second-order valence-corrected chi connectivity index (χ2v) is 14.2. The number of aryl methyl sites for hydroxylation is 5. The molecule has 0 heterocycles. The van der Waals surface area contributed by atoms with E-state index in [2.05, 4.69) is 233 Å². The fourth-order valence-electron chi connectivity index (χ4n) is 7.31. The Balaban J connectivity index is 1.05. The number of para-hydroxylation sites is 3. The van der Waals surface area contributed by atoms with Crippen molar-refractivity contribution < 1.29 is 0 Å². The van der Waals surface area contributed by atoms with Gasteiger partial charge in [-0.25, -0.2) is 0 Å². The highest BCUT2D eigenvalue weighted by Crippen LogP contribution is 2.40. The van der Waals surface area contributed by atoms with Crippen molar-refractivity contribution in [3.05, 3.63) is 214 Å². The predicted octanol–water partition coefficient (Wildman–Crippen LogP) is 15.0. The third-order valence-electron chi connectivity index (χ3n) is 10.3. The molecule has 0 amide bonds. The van der Waals surface area contributed by atoms with E-state index >= 15 is 0 Å². The highest BCUT2D eigenvalue weighted by molar-refractivity contribution is 5.83. The largest absolute Gasteiger partial charge is 0.310 e. The third-order valence-corrected chi connectivity index (χ3v) is 10.3. The summed E-state index contributed by atoms with van der Waals surface area (Å²) in [6.45, 7) is 11.0. The van der Waals surface area contributed by atoms with Gasteiger partial charge in [0.25, 0.3) is 0 Å². The molecule has 2 heteroatoms. The topological polar surface area (TPSA) is 6.48 Å². The second kappa shape index (κ2) is 17.2. The molecule has 0 aliphatic carbocycles. The molecule has 0 saturated carbocycles. The maximum Gasteiger partial charge on any atom is 0.0522 e. The summed E-state index contributed by atoms with van der Waals surface area (Å²) >= 11 is 0. The lowest BCUT2D eigenvalue weighted by Crippen LogP contribution is -2.13. The summed E-state index contributed by atoms with van der Waals surface area (Å²) in [5.41, 5.74) is 18.3. The maximum absolute atomic E-state index is 2.40. The number of nitrogens with zero attached hydrogens (tertiary/aromatic N) is 2. The van der Waals surface area contributed by atoms with Crippen molar-refractivity contribution in [3.63, 3.8) is 0 Å². The molecule has 0 saturated heterocycles. The molecule has 0 atom stereocenters. The molecule has 272 valence electrons. The van der Waals surface area contributed by atoms with Crippen molar-refractivity contribution in [3.8, 4) is 0 Å². The van der Waals surface area contributed by atoms with Gasteiger partial charge in [0.15, 0.2) is 0 Å². The summed E-state index contributed by atoms with van der Waals surface area (Å²) in [5.74, 6) is 0. The van der Waals surface area contributed by atoms with Crippen LogP contribution in [0.3, 0.4) is 0 Å². The van der Waals surface area contributed by atoms with Gasteiger partial charge in [0.1, 0.15) is 0 Å². The number of hydrogen-bond donors (Lipinski definition) is 0. The van der Waals surface area contributed by atoms with E-state index in [1.165, 1.54) is 67.1 Å². The highest BCUT2D eigenvalue weighted by atomic mass is 15.2. The van der Waals surface area contributed by atoms with Crippen LogP contribution in [0.5, 0.6) is 0 Å². The van der Waals surface area contributed by atoms with Crippen LogP contribution in [0.4, 0.5) is 34.1 Å². The molecule has 7 rings (SSSR count). The number of rotatable bonds is 12. The first-order valence-corrected chi connectivity index (χ1v) is 19.5. The molecular formula is C53H50N2. The van der Waals surface area contributed by atoms with Crippen molar-refractivity contribution >= 4 is 58.4 Å². The van der Waals surface area contributed by atoms with Gasteiger partial charge in [-0.3, -0.25) is 0 Å². The Labute approximate surface area is 328 Å². The number of anilines is 6. The monoisotopic (exact) mass is 714 g/mol. The average molecular weight is 715 g/mol. The van der Waals surface area contributed by atoms with Gasteiger partial charge in [-0.2, -0.15) is 0 Å². The van der Waals surface area contributed by atoms with E-state index in [0.29, 0.717) is 0 Å². The number of benzene rings is 7. The van der Waals surface area contributed by atoms with Gasteiger partial charge >= 0.3 is 0 Å². The molecule has 0 N–H and O–H groups in total. The molecule has 0 bridgehead atoms. The zero-order valence-electron chi connectivity index (χ0n) is 32.7. The van der Waals surface area contributed by atoms with Crippen molar-refractivity contribution in [2.75, 3.05) is 9.80 Å². The summed E-state index contributed by atoms with van der Waals surface area (Å²) in [7, 11) is 0. The van der Waals surface area contributed by atoms with Crippen molar-refractivity contribution in [2.24, 2.45) is 0 Å². The van der Waals surface area contributed by atoms with Crippen LogP contribution < -0.4 is 9.80 Å². The fraction of sp³-hybridized carbons (Fsp3) is 0.132. The molecule has 0 unspecified atom stereocenters. The zero-order valence-corrected chi connectivity index (χ0v) is 32.7. The quantitative estimate of drug-likeness (QED) is 0.116. The first-order chi connectivity index (χ1) is 26.9. The Kier molecular flexibility index (Phi) is 11.5. The van der Waals surface area contributed by atoms with E-state index in [-0.39, 0.29) is 0 Å². The Bertz CT molecular complexity index is 2380. The smallest absolute Gasteiger partial charge is 0.0522 e. The van der Waals surface area contributed by atoms with Crippen LogP contribution in [0.2, 0.25) is 0 Å². The fourth-order valence-corrected chi connectivity index (χ4v) is 7.31. The summed E-state index contributed by atoms with van der Waals surface area (Å²) in [6, 6.07) is 59.2. The minimum Gasteiger partial charge on any atom is -0.310 e. The Morgan fingerprint density at radius 3 is 1.04 bits per heavy atom. The maximum atomic E-state index is 2.40. The van der Waals surface area contributed by atoms with Gasteiger partial charge < -0.3 is 9.80 Å². The van der Waals surface area contributed by atoms with Crippen LogP contribution >= 0.6 is 0 Å². The van der Waals surface area contributed by atoms with Gasteiger partial charge in [-0.15, -0.1) is 0 Å². The van der Waals surface area contributed by atoms with Crippen molar-refractivity contribution in [1.82, 2.24) is 0 Å². The van der Waals surface area contributed by atoms with Gasteiger partial charge in [-0.1, -0.05) is 159 Å². The molecule has 7 aromatic rings. The van der Waals surface area contributed by atoms with E-state index in [9.17, 15) is 0 Å². The molecule has 55 heavy (non-hydrogen) atoms. The Hall–Kier alpha value is -6.38. The Morgan fingerprint density at radius 1 is 0.345 bits per heavy atom. The lowest BCUT2D eigenvalue weighted by molar-refractivity contribution is 1.10. The Morgan fingerprint density at radius 2 is 0.673 bits per heavy atom. The predicted molar refractivity (Wildman–Crippen MR) is 240 cm³/mol. The average Bonchev–Trinajstić information content (AvgIpc) is 3.23. The number of hydrogen-bond acceptors (Lipinski definition) is 2. The summed E-state index contributed by atoms with van der Waals surface area (Å²) in [5, 5.41) is 0. The third kappa shape index (κ3) is 8.56. The van der Waals surface area contributed by atoms with Crippen molar-refractivity contribution in [2.45, 2.75) is 47.5 Å². The molecule has 2 nitrogen and oxygen atoms in total. The van der Waals surface area contributed by atoms with Crippen LogP contribution in [-0.2, 0) is 12.8 Å². The SMILES string of the molecule is CCc1cccc(C)c1N(c1ccccc1)c1ccc(/C=C/c2ccc(/C=C/c3ccc(N(c4ccc(C)cc4)c4c(C)cccc4CC)cc3)cc2)cc1. The van der Waals surface area contributed by atoms with Crippen LogP contribution in [-0.4, -0.2) is 0 Å².